The molecule has 218 valence electrons. The molecule has 0 aliphatic rings. The lowest BCUT2D eigenvalue weighted by Crippen LogP contribution is -2.30. The van der Waals surface area contributed by atoms with E-state index in [0.717, 1.165) is 16.7 Å². The van der Waals surface area contributed by atoms with Crippen LogP contribution in [0.5, 0.6) is 0 Å². The molecule has 0 fully saturated rings. The van der Waals surface area contributed by atoms with Crippen LogP contribution in [0.15, 0.2) is 42.6 Å². The van der Waals surface area contributed by atoms with Crippen molar-refractivity contribution in [3.05, 3.63) is 81.9 Å². The predicted octanol–water partition coefficient (Wildman–Crippen LogP) is 7.99. The minimum absolute atomic E-state index is 0.162. The zero-order chi connectivity index (χ0) is 30.5. The van der Waals surface area contributed by atoms with Crippen molar-refractivity contribution in [3.8, 4) is 0 Å². The molecule has 2 aromatic heterocycles. The van der Waals surface area contributed by atoms with Gasteiger partial charge in [0.25, 0.3) is 0 Å². The molecule has 3 aromatic rings. The van der Waals surface area contributed by atoms with Crippen molar-refractivity contribution < 1.29 is 28.6 Å². The summed E-state index contributed by atoms with van der Waals surface area (Å²) in [5.41, 5.74) is 3.36. The molecule has 0 saturated heterocycles. The van der Waals surface area contributed by atoms with Crippen molar-refractivity contribution in [3.63, 3.8) is 0 Å². The standard InChI is InChI=1S/C33H40N2O6/c1-10-39-29(36)28-23(3)22(2)27(35(28)31(38)41-33(7,8)9)20-18-25-15-13-24(14-16-25)17-19-26-12-11-21-34(26)30(37)40-32(4,5)6/h11-21H,10H2,1-9H3/b19-17+,20-18+. The summed E-state index contributed by atoms with van der Waals surface area (Å²) in [5, 5.41) is 0. The van der Waals surface area contributed by atoms with Crippen LogP contribution in [0.25, 0.3) is 24.3 Å². The molecule has 0 aliphatic carbocycles. The number of esters is 1. The monoisotopic (exact) mass is 560 g/mol. The third-order valence-corrected chi connectivity index (χ3v) is 6.00. The van der Waals surface area contributed by atoms with Gasteiger partial charge < -0.3 is 14.2 Å². The zero-order valence-corrected chi connectivity index (χ0v) is 25.4. The van der Waals surface area contributed by atoms with Gasteiger partial charge in [0, 0.05) is 6.20 Å². The maximum Gasteiger partial charge on any atom is 0.419 e. The lowest BCUT2D eigenvalue weighted by Gasteiger charge is -2.21. The van der Waals surface area contributed by atoms with Gasteiger partial charge in [0.15, 0.2) is 0 Å². The Hall–Kier alpha value is -4.33. The Morgan fingerprint density at radius 3 is 1.83 bits per heavy atom. The molecule has 0 N–H and O–H groups in total. The molecule has 0 aliphatic heterocycles. The van der Waals surface area contributed by atoms with Gasteiger partial charge in [-0.1, -0.05) is 36.4 Å². The summed E-state index contributed by atoms with van der Waals surface area (Å²) in [6.07, 6.45) is 8.03. The summed E-state index contributed by atoms with van der Waals surface area (Å²) in [6.45, 7) is 16.4. The first-order valence-electron chi connectivity index (χ1n) is 13.6. The number of aromatic nitrogens is 2. The Morgan fingerprint density at radius 2 is 1.29 bits per heavy atom. The number of rotatable bonds is 6. The third kappa shape index (κ3) is 8.10. The first-order valence-corrected chi connectivity index (χ1v) is 13.6. The van der Waals surface area contributed by atoms with Crippen LogP contribution in [-0.2, 0) is 14.2 Å². The zero-order valence-electron chi connectivity index (χ0n) is 25.4. The molecule has 0 saturated carbocycles. The fraction of sp³-hybridized carbons (Fsp3) is 0.364. The molecule has 2 heterocycles. The van der Waals surface area contributed by atoms with Crippen molar-refractivity contribution in [1.29, 1.82) is 0 Å². The third-order valence-electron chi connectivity index (χ3n) is 6.00. The van der Waals surface area contributed by atoms with Crippen molar-refractivity contribution in [2.24, 2.45) is 0 Å². The summed E-state index contributed by atoms with van der Waals surface area (Å²) in [4.78, 5) is 38.5. The number of hydrogen-bond donors (Lipinski definition) is 0. The van der Waals surface area contributed by atoms with E-state index >= 15 is 0 Å². The highest BCUT2D eigenvalue weighted by Crippen LogP contribution is 2.27. The first kappa shape index (κ1) is 31.2. The highest BCUT2D eigenvalue weighted by molar-refractivity contribution is 5.96. The van der Waals surface area contributed by atoms with Gasteiger partial charge in [0.2, 0.25) is 0 Å². The van der Waals surface area contributed by atoms with Gasteiger partial charge in [-0.3, -0.25) is 4.57 Å². The lowest BCUT2D eigenvalue weighted by atomic mass is 10.1. The summed E-state index contributed by atoms with van der Waals surface area (Å²) in [6, 6.07) is 11.4. The molecule has 0 atom stereocenters. The maximum atomic E-state index is 13.2. The van der Waals surface area contributed by atoms with E-state index in [1.807, 2.05) is 76.3 Å². The Kier molecular flexibility index (Phi) is 9.48. The Morgan fingerprint density at radius 1 is 0.756 bits per heavy atom. The summed E-state index contributed by atoms with van der Waals surface area (Å²) in [5.74, 6) is -0.576. The Bertz CT molecular complexity index is 1470. The highest BCUT2D eigenvalue weighted by atomic mass is 16.6. The van der Waals surface area contributed by atoms with Gasteiger partial charge in [-0.15, -0.1) is 0 Å². The van der Waals surface area contributed by atoms with Crippen molar-refractivity contribution >= 4 is 42.5 Å². The molecule has 0 unspecified atom stereocenters. The molecule has 3 rings (SSSR count). The largest absolute Gasteiger partial charge is 0.461 e. The quantitative estimate of drug-likeness (QED) is 0.224. The second kappa shape index (κ2) is 12.5. The molecule has 8 heteroatoms. The number of ether oxygens (including phenoxy) is 3. The van der Waals surface area contributed by atoms with Crippen LogP contribution in [0.3, 0.4) is 0 Å². The van der Waals surface area contributed by atoms with Crippen LogP contribution in [0.1, 0.15) is 92.6 Å². The number of carbonyl (C=O) groups excluding carboxylic acids is 3. The Balaban J connectivity index is 1.87. The van der Waals surface area contributed by atoms with Crippen LogP contribution in [0.4, 0.5) is 9.59 Å². The number of nitrogens with zero attached hydrogens (tertiary/aromatic N) is 2. The molecular weight excluding hydrogens is 520 g/mol. The first-order chi connectivity index (χ1) is 19.1. The maximum absolute atomic E-state index is 13.2. The second-order valence-corrected chi connectivity index (χ2v) is 11.6. The topological polar surface area (TPSA) is 88.8 Å². The molecular formula is C33H40N2O6. The molecule has 8 nitrogen and oxygen atoms in total. The van der Waals surface area contributed by atoms with E-state index in [4.69, 9.17) is 14.2 Å². The molecule has 0 amide bonds. The SMILES string of the molecule is CCOC(=O)c1c(C)c(C)c(/C=C/c2ccc(/C=C/c3cccn3C(=O)OC(C)(C)C)cc2)n1C(=O)OC(C)(C)C. The van der Waals surface area contributed by atoms with Gasteiger partial charge in [-0.25, -0.2) is 19.0 Å². The average molecular weight is 561 g/mol. The molecule has 41 heavy (non-hydrogen) atoms. The molecule has 0 radical (unpaired) electrons. The van der Waals surface area contributed by atoms with Gasteiger partial charge in [0.05, 0.1) is 18.0 Å². The smallest absolute Gasteiger partial charge is 0.419 e. The van der Waals surface area contributed by atoms with Crippen LogP contribution in [-0.4, -0.2) is 45.1 Å². The summed E-state index contributed by atoms with van der Waals surface area (Å²) in [7, 11) is 0. The predicted molar refractivity (Wildman–Crippen MR) is 162 cm³/mol. The minimum atomic E-state index is -0.742. The number of carbonyl (C=O) groups is 3. The average Bonchev–Trinajstić information content (AvgIpc) is 3.43. The lowest BCUT2D eigenvalue weighted by molar-refractivity contribution is 0.0447. The van der Waals surface area contributed by atoms with E-state index in [9.17, 15) is 14.4 Å². The van der Waals surface area contributed by atoms with Gasteiger partial charge in [0.1, 0.15) is 16.9 Å². The van der Waals surface area contributed by atoms with E-state index in [-0.39, 0.29) is 12.3 Å². The summed E-state index contributed by atoms with van der Waals surface area (Å²) >= 11 is 0. The van der Waals surface area contributed by atoms with Crippen LogP contribution >= 0.6 is 0 Å². The highest BCUT2D eigenvalue weighted by Gasteiger charge is 2.29. The van der Waals surface area contributed by atoms with E-state index in [1.165, 1.54) is 9.13 Å². The van der Waals surface area contributed by atoms with Gasteiger partial charge in [-0.2, -0.15) is 0 Å². The van der Waals surface area contributed by atoms with Crippen LogP contribution in [0.2, 0.25) is 0 Å². The van der Waals surface area contributed by atoms with Crippen molar-refractivity contribution in [2.45, 2.75) is 73.5 Å². The summed E-state index contributed by atoms with van der Waals surface area (Å²) < 4.78 is 19.1. The second-order valence-electron chi connectivity index (χ2n) is 11.6. The molecule has 0 spiro atoms. The van der Waals surface area contributed by atoms with Crippen molar-refractivity contribution in [2.75, 3.05) is 6.61 Å². The molecule has 0 bridgehead atoms. The van der Waals surface area contributed by atoms with Crippen molar-refractivity contribution in [1.82, 2.24) is 9.13 Å². The van der Waals surface area contributed by atoms with Crippen LogP contribution < -0.4 is 0 Å². The van der Waals surface area contributed by atoms with E-state index < -0.39 is 29.4 Å². The van der Waals surface area contributed by atoms with Gasteiger partial charge in [-0.05, 0) is 109 Å². The van der Waals surface area contributed by atoms with E-state index in [2.05, 4.69) is 0 Å². The fourth-order valence-corrected chi connectivity index (χ4v) is 4.05. The Labute approximate surface area is 242 Å². The molecule has 1 aromatic carbocycles. The minimum Gasteiger partial charge on any atom is -0.461 e. The normalized spacial score (nSPS) is 12.2. The van der Waals surface area contributed by atoms with Crippen LogP contribution in [0, 0.1) is 13.8 Å². The fourth-order valence-electron chi connectivity index (χ4n) is 4.05. The number of hydrogen-bond acceptors (Lipinski definition) is 6. The number of benzene rings is 1. The van der Waals surface area contributed by atoms with E-state index in [1.54, 1.807) is 53.0 Å². The van der Waals surface area contributed by atoms with E-state index in [0.29, 0.717) is 17.0 Å². The van der Waals surface area contributed by atoms with Gasteiger partial charge >= 0.3 is 18.2 Å².